The van der Waals surface area contributed by atoms with E-state index in [0.717, 1.165) is 25.1 Å². The molecule has 0 amide bonds. The molecule has 0 spiro atoms. The van der Waals surface area contributed by atoms with E-state index in [4.69, 9.17) is 0 Å². The normalized spacial score (nSPS) is 14.3. The van der Waals surface area contributed by atoms with Gasteiger partial charge < -0.3 is 4.74 Å². The predicted molar refractivity (Wildman–Crippen MR) is 76.1 cm³/mol. The van der Waals surface area contributed by atoms with Gasteiger partial charge in [-0.1, -0.05) is 36.4 Å². The second-order valence-electron chi connectivity index (χ2n) is 5.44. The maximum absolute atomic E-state index is 13.8. The van der Waals surface area contributed by atoms with E-state index in [0.29, 0.717) is 24.3 Å². The topological polar surface area (TPSA) is 9.23 Å². The Hall–Kier alpha value is -2.16. The average molecular weight is 384 g/mol. The molecule has 2 rings (SSSR count). The van der Waals surface area contributed by atoms with E-state index >= 15 is 0 Å². The van der Waals surface area contributed by atoms with Crippen molar-refractivity contribution in [2.45, 2.75) is 31.0 Å². The minimum atomic E-state index is -5.94. The van der Waals surface area contributed by atoms with Gasteiger partial charge in [-0.3, -0.25) is 0 Å². The Kier molecular flexibility index (Phi) is 5.32. The van der Waals surface area contributed by atoms with Crippen LogP contribution in [0, 0.1) is 11.6 Å². The van der Waals surface area contributed by atoms with Gasteiger partial charge in [0.2, 0.25) is 0 Å². The third-order valence-electron chi connectivity index (χ3n) is 3.74. The Bertz CT molecular complexity index is 717. The Morgan fingerprint density at radius 3 is 1.62 bits per heavy atom. The number of hydrogen-bond acceptors (Lipinski definition) is 1. The molecule has 0 heterocycles. The van der Waals surface area contributed by atoms with Gasteiger partial charge in [-0.05, 0) is 19.1 Å². The third kappa shape index (κ3) is 3.40. The number of hydrogen-bond donors (Lipinski definition) is 0. The smallest absolute Gasteiger partial charge is 0.346 e. The van der Waals surface area contributed by atoms with Gasteiger partial charge in [0.15, 0.2) is 0 Å². The van der Waals surface area contributed by atoms with Crippen molar-refractivity contribution in [3.8, 4) is 0 Å². The van der Waals surface area contributed by atoms with Crippen LogP contribution in [-0.4, -0.2) is 12.4 Å². The second-order valence-corrected chi connectivity index (χ2v) is 5.44. The van der Waals surface area contributed by atoms with Gasteiger partial charge in [0.05, 0.1) is 11.7 Å². The summed E-state index contributed by atoms with van der Waals surface area (Å²) in [7, 11) is 0. The van der Waals surface area contributed by atoms with Crippen LogP contribution in [0.2, 0.25) is 0 Å². The quantitative estimate of drug-likeness (QED) is 0.582. The van der Waals surface area contributed by atoms with Gasteiger partial charge in [-0.25, -0.2) is 8.78 Å². The Morgan fingerprint density at radius 2 is 1.19 bits per heavy atom. The van der Waals surface area contributed by atoms with Crippen LogP contribution in [0.15, 0.2) is 48.5 Å². The highest BCUT2D eigenvalue weighted by Crippen LogP contribution is 2.54. The number of halogens is 8. The predicted octanol–water partition coefficient (Wildman–Crippen LogP) is 6.06. The largest absolute Gasteiger partial charge is 0.430 e. The van der Waals surface area contributed by atoms with Crippen LogP contribution in [0.1, 0.15) is 24.2 Å². The minimum Gasteiger partial charge on any atom is -0.346 e. The zero-order valence-electron chi connectivity index (χ0n) is 13.1. The molecule has 0 aromatic heterocycles. The average Bonchev–Trinajstić information content (AvgIpc) is 2.50. The standard InChI is InChI=1S/C17H12F8O/c1-10(14-12(18)8-5-9-13(14)19)26-15(16(20,21)22,17(23,24)25)11-6-3-2-4-7-11/h2-10H,1H3. The van der Waals surface area contributed by atoms with Gasteiger partial charge >= 0.3 is 12.4 Å². The van der Waals surface area contributed by atoms with Crippen molar-refractivity contribution in [2.24, 2.45) is 0 Å². The summed E-state index contributed by atoms with van der Waals surface area (Å²) in [6.45, 7) is 0.719. The Morgan fingerprint density at radius 1 is 0.731 bits per heavy atom. The molecule has 142 valence electrons. The molecule has 0 radical (unpaired) electrons. The molecule has 0 fully saturated rings. The number of ether oxygens (including phenoxy) is 1. The van der Waals surface area contributed by atoms with E-state index in [1.807, 2.05) is 0 Å². The fourth-order valence-electron chi connectivity index (χ4n) is 2.59. The fraction of sp³-hybridized carbons (Fsp3) is 0.294. The molecule has 0 aliphatic carbocycles. The summed E-state index contributed by atoms with van der Waals surface area (Å²) in [5.74, 6) is -2.63. The number of rotatable bonds is 4. The number of benzene rings is 2. The molecule has 0 aliphatic heterocycles. The maximum atomic E-state index is 13.8. The molecule has 0 bridgehead atoms. The van der Waals surface area contributed by atoms with E-state index in [1.165, 1.54) is 6.07 Å². The van der Waals surface area contributed by atoms with Gasteiger partial charge in [0.25, 0.3) is 5.60 Å². The van der Waals surface area contributed by atoms with E-state index < -0.39 is 46.8 Å². The summed E-state index contributed by atoms with van der Waals surface area (Å²) in [6.07, 6.45) is -14.1. The lowest BCUT2D eigenvalue weighted by Gasteiger charge is -2.39. The summed E-state index contributed by atoms with van der Waals surface area (Å²) < 4.78 is 114. The number of alkyl halides is 6. The first kappa shape index (κ1) is 20.2. The molecule has 9 heteroatoms. The van der Waals surface area contributed by atoms with Crippen LogP contribution in [-0.2, 0) is 10.3 Å². The molecule has 0 aliphatic rings. The molecule has 2 aromatic rings. The molecule has 0 N–H and O–H groups in total. The molecule has 1 nitrogen and oxygen atoms in total. The first-order chi connectivity index (χ1) is 11.9. The van der Waals surface area contributed by atoms with Crippen molar-refractivity contribution >= 4 is 0 Å². The van der Waals surface area contributed by atoms with Crippen LogP contribution < -0.4 is 0 Å². The lowest BCUT2D eigenvalue weighted by molar-refractivity contribution is -0.399. The van der Waals surface area contributed by atoms with Crippen molar-refractivity contribution in [3.63, 3.8) is 0 Å². The van der Waals surface area contributed by atoms with Gasteiger partial charge in [-0.15, -0.1) is 0 Å². The maximum Gasteiger partial charge on any atom is 0.430 e. The first-order valence-corrected chi connectivity index (χ1v) is 7.22. The highest BCUT2D eigenvalue weighted by molar-refractivity contribution is 5.28. The summed E-state index contributed by atoms with van der Waals surface area (Å²) in [5, 5.41) is 0. The fourth-order valence-corrected chi connectivity index (χ4v) is 2.59. The Labute approximate surface area is 143 Å². The molecular weight excluding hydrogens is 372 g/mol. The lowest BCUT2D eigenvalue weighted by Crippen LogP contribution is -2.56. The van der Waals surface area contributed by atoms with Crippen LogP contribution in [0.3, 0.4) is 0 Å². The van der Waals surface area contributed by atoms with Crippen molar-refractivity contribution in [3.05, 3.63) is 71.3 Å². The zero-order chi connectivity index (χ0) is 19.8. The molecule has 1 atom stereocenters. The van der Waals surface area contributed by atoms with Gasteiger partial charge in [-0.2, -0.15) is 26.3 Å². The van der Waals surface area contributed by atoms with E-state index in [9.17, 15) is 35.1 Å². The molecular formula is C17H12F8O. The zero-order valence-corrected chi connectivity index (χ0v) is 13.1. The van der Waals surface area contributed by atoms with Crippen molar-refractivity contribution < 1.29 is 39.9 Å². The highest BCUT2D eigenvalue weighted by atomic mass is 19.4. The van der Waals surface area contributed by atoms with E-state index in [1.54, 1.807) is 0 Å². The van der Waals surface area contributed by atoms with Gasteiger partial charge in [0.1, 0.15) is 11.6 Å². The summed E-state index contributed by atoms with van der Waals surface area (Å²) >= 11 is 0. The van der Waals surface area contributed by atoms with Crippen molar-refractivity contribution in [2.75, 3.05) is 0 Å². The lowest BCUT2D eigenvalue weighted by atomic mass is 9.91. The van der Waals surface area contributed by atoms with Crippen LogP contribution in [0.25, 0.3) is 0 Å². The van der Waals surface area contributed by atoms with E-state index in [2.05, 4.69) is 4.74 Å². The Balaban J connectivity index is 2.66. The second kappa shape index (κ2) is 6.86. The van der Waals surface area contributed by atoms with Crippen LogP contribution in [0.4, 0.5) is 35.1 Å². The minimum absolute atomic E-state index is 0.589. The molecule has 0 saturated carbocycles. The van der Waals surface area contributed by atoms with Crippen LogP contribution in [0.5, 0.6) is 0 Å². The summed E-state index contributed by atoms with van der Waals surface area (Å²) in [4.78, 5) is 0. The van der Waals surface area contributed by atoms with Crippen molar-refractivity contribution in [1.82, 2.24) is 0 Å². The van der Waals surface area contributed by atoms with Crippen molar-refractivity contribution in [1.29, 1.82) is 0 Å². The molecule has 0 saturated heterocycles. The van der Waals surface area contributed by atoms with Gasteiger partial charge in [0, 0.05) is 5.56 Å². The first-order valence-electron chi connectivity index (χ1n) is 7.22. The third-order valence-corrected chi connectivity index (χ3v) is 3.74. The summed E-state index contributed by atoms with van der Waals surface area (Å²) in [6, 6.07) is 6.70. The van der Waals surface area contributed by atoms with E-state index in [-0.39, 0.29) is 0 Å². The highest BCUT2D eigenvalue weighted by Gasteiger charge is 2.74. The summed E-state index contributed by atoms with van der Waals surface area (Å²) in [5.41, 5.74) is -7.03. The SMILES string of the molecule is CC(OC(c1ccccc1)(C(F)(F)F)C(F)(F)F)c1c(F)cccc1F. The molecule has 2 aromatic carbocycles. The van der Waals surface area contributed by atoms with Crippen LogP contribution >= 0.6 is 0 Å². The molecule has 1 unspecified atom stereocenters. The molecule has 26 heavy (non-hydrogen) atoms. The monoisotopic (exact) mass is 384 g/mol.